The lowest BCUT2D eigenvalue weighted by atomic mass is 10.0. The van der Waals surface area contributed by atoms with E-state index in [2.05, 4.69) is 24.5 Å². The van der Waals surface area contributed by atoms with E-state index in [1.165, 1.54) is 0 Å². The topological polar surface area (TPSA) is 50.4 Å². The van der Waals surface area contributed by atoms with Crippen LogP contribution in [-0.4, -0.2) is 25.8 Å². The first-order chi connectivity index (χ1) is 12.1. The molecule has 0 bridgehead atoms. The normalized spacial score (nSPS) is 12.2. The van der Waals surface area contributed by atoms with Gasteiger partial charge in [-0.3, -0.25) is 0 Å². The third-order valence-corrected chi connectivity index (χ3v) is 4.51. The van der Waals surface area contributed by atoms with Crippen molar-refractivity contribution < 1.29 is 9.53 Å². The van der Waals surface area contributed by atoms with Crippen molar-refractivity contribution in [3.05, 3.63) is 57.2 Å². The Morgan fingerprint density at radius 2 is 1.96 bits per heavy atom. The molecule has 1 aromatic heterocycles. The van der Waals surface area contributed by atoms with Crippen molar-refractivity contribution in [1.82, 2.24) is 10.6 Å². The van der Waals surface area contributed by atoms with Gasteiger partial charge in [-0.2, -0.15) is 11.3 Å². The number of hydrogen-bond acceptors (Lipinski definition) is 3. The molecule has 2 rings (SSSR count). The molecule has 2 aromatic rings. The Morgan fingerprint density at radius 1 is 1.20 bits per heavy atom. The van der Waals surface area contributed by atoms with Crippen LogP contribution in [0.15, 0.2) is 41.1 Å². The quantitative estimate of drug-likeness (QED) is 0.611. The van der Waals surface area contributed by atoms with Crippen LogP contribution in [0.2, 0.25) is 5.02 Å². The first-order valence-corrected chi connectivity index (χ1v) is 9.78. The summed E-state index contributed by atoms with van der Waals surface area (Å²) in [6.45, 7) is 6.23. The summed E-state index contributed by atoms with van der Waals surface area (Å²) in [6.07, 6.45) is 0.796. The Bertz CT molecular complexity index is 629. The smallest absolute Gasteiger partial charge is 0.315 e. The maximum atomic E-state index is 12.2. The molecule has 136 valence electrons. The molecule has 0 radical (unpaired) electrons. The maximum Gasteiger partial charge on any atom is 0.315 e. The molecule has 1 unspecified atom stereocenters. The first kappa shape index (κ1) is 19.8. The van der Waals surface area contributed by atoms with Gasteiger partial charge in [0.25, 0.3) is 0 Å². The average molecular weight is 381 g/mol. The van der Waals surface area contributed by atoms with E-state index in [4.69, 9.17) is 16.3 Å². The number of rotatable bonds is 9. The second-order valence-corrected chi connectivity index (χ2v) is 7.48. The van der Waals surface area contributed by atoms with Gasteiger partial charge in [-0.25, -0.2) is 4.79 Å². The minimum atomic E-state index is -0.194. The fourth-order valence-electron chi connectivity index (χ4n) is 2.33. The predicted molar refractivity (Wildman–Crippen MR) is 104 cm³/mol. The van der Waals surface area contributed by atoms with E-state index in [-0.39, 0.29) is 12.1 Å². The summed E-state index contributed by atoms with van der Waals surface area (Å²) < 4.78 is 5.51. The minimum Gasteiger partial charge on any atom is -0.381 e. The van der Waals surface area contributed by atoms with Crippen molar-refractivity contribution in [3.8, 4) is 0 Å². The van der Waals surface area contributed by atoms with Gasteiger partial charge in [-0.15, -0.1) is 0 Å². The second-order valence-electron chi connectivity index (χ2n) is 6.26. The fourth-order valence-corrected chi connectivity index (χ4v) is 3.14. The molecular formula is C19H25ClN2O2S. The van der Waals surface area contributed by atoms with E-state index in [1.54, 1.807) is 11.3 Å². The van der Waals surface area contributed by atoms with Gasteiger partial charge in [0.1, 0.15) is 0 Å². The zero-order chi connectivity index (χ0) is 18.1. The Balaban J connectivity index is 1.85. The second kappa shape index (κ2) is 10.4. The zero-order valence-electron chi connectivity index (χ0n) is 14.6. The number of thiophene rings is 1. The molecule has 6 heteroatoms. The fraction of sp³-hybridized carbons (Fsp3) is 0.421. The highest BCUT2D eigenvalue weighted by Crippen LogP contribution is 2.25. The summed E-state index contributed by atoms with van der Waals surface area (Å²) in [7, 11) is 0. The molecule has 0 aliphatic heterocycles. The van der Waals surface area contributed by atoms with Crippen LogP contribution in [0.3, 0.4) is 0 Å². The molecule has 25 heavy (non-hydrogen) atoms. The van der Waals surface area contributed by atoms with Crippen molar-refractivity contribution >= 4 is 29.0 Å². The van der Waals surface area contributed by atoms with E-state index in [0.29, 0.717) is 24.1 Å². The van der Waals surface area contributed by atoms with Crippen molar-refractivity contribution in [1.29, 1.82) is 0 Å². The summed E-state index contributed by atoms with van der Waals surface area (Å²) in [5, 5.41) is 10.7. The van der Waals surface area contributed by atoms with E-state index >= 15 is 0 Å². The Labute approximate surface area is 158 Å². The molecule has 4 nitrogen and oxygen atoms in total. The van der Waals surface area contributed by atoms with E-state index < -0.39 is 0 Å². The molecule has 0 aliphatic carbocycles. The van der Waals surface area contributed by atoms with Crippen molar-refractivity contribution in [3.63, 3.8) is 0 Å². The summed E-state index contributed by atoms with van der Waals surface area (Å²) in [4.78, 5) is 12.2. The molecular weight excluding hydrogens is 356 g/mol. The molecule has 0 fully saturated rings. The molecule has 0 aliphatic rings. The number of hydrogen-bond donors (Lipinski definition) is 2. The van der Waals surface area contributed by atoms with Gasteiger partial charge >= 0.3 is 6.03 Å². The van der Waals surface area contributed by atoms with Crippen molar-refractivity contribution in [2.24, 2.45) is 5.92 Å². The first-order valence-electron chi connectivity index (χ1n) is 8.46. The van der Waals surface area contributed by atoms with Crippen LogP contribution in [-0.2, 0) is 4.74 Å². The van der Waals surface area contributed by atoms with Crippen LogP contribution in [0.4, 0.5) is 4.79 Å². The van der Waals surface area contributed by atoms with E-state index in [0.717, 1.165) is 24.2 Å². The highest BCUT2D eigenvalue weighted by Gasteiger charge is 2.17. The van der Waals surface area contributed by atoms with Gasteiger partial charge in [-0.05, 0) is 52.4 Å². The van der Waals surface area contributed by atoms with Gasteiger partial charge in [0.2, 0.25) is 0 Å². The highest BCUT2D eigenvalue weighted by molar-refractivity contribution is 7.08. The lowest BCUT2D eigenvalue weighted by molar-refractivity contribution is 0.108. The summed E-state index contributed by atoms with van der Waals surface area (Å²) in [5.41, 5.74) is 2.06. The van der Waals surface area contributed by atoms with E-state index in [1.807, 2.05) is 41.1 Å². The predicted octanol–water partition coefficient (Wildman–Crippen LogP) is 4.85. The number of benzene rings is 1. The molecule has 2 N–H and O–H groups in total. The monoisotopic (exact) mass is 380 g/mol. The van der Waals surface area contributed by atoms with Crippen LogP contribution in [0.5, 0.6) is 0 Å². The lowest BCUT2D eigenvalue weighted by Crippen LogP contribution is -2.39. The van der Waals surface area contributed by atoms with Gasteiger partial charge in [0, 0.05) is 24.8 Å². The molecule has 0 spiro atoms. The number of carbonyl (C=O) groups excluding carboxylic acids is 1. The van der Waals surface area contributed by atoms with Crippen molar-refractivity contribution in [2.45, 2.75) is 26.3 Å². The van der Waals surface area contributed by atoms with Crippen LogP contribution in [0.25, 0.3) is 0 Å². The number of nitrogens with one attached hydrogen (secondary N) is 2. The Hall–Kier alpha value is -1.56. The molecule has 1 aromatic carbocycles. The standard InChI is InChI=1S/C19H25ClN2O2S/c1-14(2)12-24-10-3-9-21-19(23)22-18(16-8-11-25-13-16)15-4-6-17(20)7-5-15/h4-8,11,13-14,18H,3,9-10,12H2,1-2H3,(H2,21,22,23). The number of ether oxygens (including phenoxy) is 1. The Kier molecular flexibility index (Phi) is 8.25. The zero-order valence-corrected chi connectivity index (χ0v) is 16.2. The largest absolute Gasteiger partial charge is 0.381 e. The number of halogens is 1. The van der Waals surface area contributed by atoms with Crippen LogP contribution in [0.1, 0.15) is 37.4 Å². The molecule has 1 heterocycles. The van der Waals surface area contributed by atoms with Gasteiger partial charge in [0.15, 0.2) is 0 Å². The summed E-state index contributed by atoms with van der Waals surface area (Å²) in [6, 6.07) is 9.18. The summed E-state index contributed by atoms with van der Waals surface area (Å²) in [5.74, 6) is 0.530. The molecule has 0 saturated heterocycles. The van der Waals surface area contributed by atoms with Crippen molar-refractivity contribution in [2.75, 3.05) is 19.8 Å². The third kappa shape index (κ3) is 7.06. The van der Waals surface area contributed by atoms with Crippen LogP contribution < -0.4 is 10.6 Å². The molecule has 2 amide bonds. The van der Waals surface area contributed by atoms with E-state index in [9.17, 15) is 4.79 Å². The molecule has 0 saturated carbocycles. The number of urea groups is 1. The molecule has 1 atom stereocenters. The highest BCUT2D eigenvalue weighted by atomic mass is 35.5. The SMILES string of the molecule is CC(C)COCCCNC(=O)NC(c1ccc(Cl)cc1)c1ccsc1. The Morgan fingerprint density at radius 3 is 2.60 bits per heavy atom. The lowest BCUT2D eigenvalue weighted by Gasteiger charge is -2.19. The maximum absolute atomic E-state index is 12.2. The summed E-state index contributed by atoms with van der Waals surface area (Å²) >= 11 is 7.57. The average Bonchev–Trinajstić information content (AvgIpc) is 3.11. The minimum absolute atomic E-state index is 0.185. The van der Waals surface area contributed by atoms with Gasteiger partial charge in [-0.1, -0.05) is 37.6 Å². The number of carbonyl (C=O) groups is 1. The van der Waals surface area contributed by atoms with Crippen LogP contribution in [0, 0.1) is 5.92 Å². The van der Waals surface area contributed by atoms with Gasteiger partial charge in [0.05, 0.1) is 6.04 Å². The van der Waals surface area contributed by atoms with Crippen LogP contribution >= 0.6 is 22.9 Å². The van der Waals surface area contributed by atoms with Gasteiger partial charge < -0.3 is 15.4 Å². The third-order valence-electron chi connectivity index (χ3n) is 3.56. The number of amides is 2.